The molecule has 6 bridgehead atoms. The number of nitrogens with one attached hydrogen (secondary N) is 1. The van der Waals surface area contributed by atoms with Crippen LogP contribution in [0.2, 0.25) is 0 Å². The molecule has 9 heteroatoms. The van der Waals surface area contributed by atoms with E-state index in [0.717, 1.165) is 43.8 Å². The number of aromatic nitrogens is 2. The summed E-state index contributed by atoms with van der Waals surface area (Å²) >= 11 is 0. The van der Waals surface area contributed by atoms with Crippen molar-refractivity contribution >= 4 is 56.5 Å². The van der Waals surface area contributed by atoms with Crippen molar-refractivity contribution < 1.29 is 0 Å². The molecule has 4 aromatic carbocycles. The third kappa shape index (κ3) is 2.69. The summed E-state index contributed by atoms with van der Waals surface area (Å²) in [6.45, 7) is 0. The van der Waals surface area contributed by atoms with E-state index < -0.39 is 0 Å². The van der Waals surface area contributed by atoms with Crippen LogP contribution in [0.15, 0.2) is 127 Å². The molecule has 0 spiro atoms. The second-order valence-electron chi connectivity index (χ2n) is 10.2. The molecule has 4 aliphatic heterocycles. The Hall–Kier alpha value is -5.96. The minimum Gasteiger partial charge on any atom is -0.224 e. The van der Waals surface area contributed by atoms with Crippen molar-refractivity contribution in [3.63, 3.8) is 0 Å². The summed E-state index contributed by atoms with van der Waals surface area (Å²) in [5, 5.41) is 3.77. The van der Waals surface area contributed by atoms with E-state index in [9.17, 15) is 0 Å². The lowest BCUT2D eigenvalue weighted by atomic mass is 10.1. The fourth-order valence-electron chi connectivity index (χ4n) is 6.09. The summed E-state index contributed by atoms with van der Waals surface area (Å²) in [4.78, 5) is 30.6. The zero-order valence-corrected chi connectivity index (χ0v) is 21.3. The number of aliphatic imine (C=N–C) groups is 4. The van der Waals surface area contributed by atoms with E-state index in [1.807, 2.05) is 82.1 Å². The third-order valence-corrected chi connectivity index (χ3v) is 7.95. The minimum atomic E-state index is 0.609. The Morgan fingerprint density at radius 2 is 0.732 bits per heavy atom. The summed E-state index contributed by atoms with van der Waals surface area (Å²) in [5.41, 5.74) is 8.73. The number of fused-ring (bicyclic) bond motifs is 14. The topological polar surface area (TPSA) is 96.0 Å². The maximum absolute atomic E-state index is 5.16. The van der Waals surface area contributed by atoms with Gasteiger partial charge in [0.05, 0.1) is 0 Å². The quantitative estimate of drug-likeness (QED) is 0.308. The van der Waals surface area contributed by atoms with Gasteiger partial charge in [0.2, 0.25) is 0 Å². The zero-order valence-electron chi connectivity index (χ0n) is 21.3. The molecule has 0 amide bonds. The largest absolute Gasteiger partial charge is 0.224 e. The second kappa shape index (κ2) is 7.36. The zero-order chi connectivity index (χ0) is 26.7. The van der Waals surface area contributed by atoms with E-state index in [0.29, 0.717) is 46.0 Å². The molecule has 4 aliphatic rings. The number of nitrogens with zero attached hydrogens (tertiary/aromatic N) is 8. The van der Waals surface area contributed by atoms with Crippen molar-refractivity contribution in [1.82, 2.24) is 9.35 Å². The van der Waals surface area contributed by atoms with Gasteiger partial charge in [0.1, 0.15) is 0 Å². The van der Waals surface area contributed by atoms with Crippen molar-refractivity contribution in [3.8, 4) is 0 Å². The van der Waals surface area contributed by atoms with Gasteiger partial charge in [-0.05, 0) is 0 Å². The fourth-order valence-corrected chi connectivity index (χ4v) is 6.09. The molecule has 1 N–H and O–H groups in total. The normalized spacial score (nSPS) is 15.5. The van der Waals surface area contributed by atoms with Crippen LogP contribution in [-0.4, -0.2) is 32.7 Å². The first-order chi connectivity index (χ1) is 20.3. The Bertz CT molecular complexity index is 2290. The first kappa shape index (κ1) is 20.9. The molecule has 0 saturated heterocycles. The van der Waals surface area contributed by atoms with Gasteiger partial charge in [0.25, 0.3) is 0 Å². The van der Waals surface area contributed by atoms with Gasteiger partial charge in [-0.1, -0.05) is 97.1 Å². The van der Waals surface area contributed by atoms with Gasteiger partial charge in [0.15, 0.2) is 46.0 Å². The molecule has 0 fully saturated rings. The van der Waals surface area contributed by atoms with Crippen molar-refractivity contribution in [2.45, 2.75) is 0 Å². The van der Waals surface area contributed by atoms with E-state index in [-0.39, 0.29) is 0 Å². The van der Waals surface area contributed by atoms with Crippen LogP contribution in [0, 0.1) is 0 Å². The number of rotatable bonds is 0. The Morgan fingerprint density at radius 1 is 0.366 bits per heavy atom. The van der Waals surface area contributed by atoms with Crippen LogP contribution in [-0.2, 0) is 0 Å². The van der Waals surface area contributed by atoms with Gasteiger partial charge >= 0.3 is 0 Å². The molecular formula is C32H17N9. The molecule has 190 valence electrons. The highest BCUT2D eigenvalue weighted by atomic mass is 15.7. The van der Waals surface area contributed by atoms with Crippen LogP contribution in [0.4, 0.5) is 11.6 Å². The first-order valence-electron chi connectivity index (χ1n) is 13.3. The Kier molecular flexibility index (Phi) is 3.76. The highest BCUT2D eigenvalue weighted by molar-refractivity contribution is 6.25. The molecule has 9 nitrogen and oxygen atoms in total. The van der Waals surface area contributed by atoms with Gasteiger partial charge in [-0.25, -0.2) is 44.8 Å². The third-order valence-electron chi connectivity index (χ3n) is 7.95. The lowest BCUT2D eigenvalue weighted by Crippen LogP contribution is -2.39. The monoisotopic (exact) mass is 527 g/mol. The first-order valence-corrected chi connectivity index (χ1v) is 13.3. The minimum absolute atomic E-state index is 0.609. The van der Waals surface area contributed by atoms with Crippen LogP contribution < -0.4 is 16.5 Å². The molecule has 10 rings (SSSR count). The summed E-state index contributed by atoms with van der Waals surface area (Å²) in [7, 11) is 0. The van der Waals surface area contributed by atoms with E-state index in [4.69, 9.17) is 30.0 Å². The Labute approximate surface area is 231 Å². The molecule has 0 saturated carbocycles. The van der Waals surface area contributed by atoms with Crippen LogP contribution in [0.5, 0.6) is 0 Å². The molecule has 0 aliphatic carbocycles. The van der Waals surface area contributed by atoms with Crippen molar-refractivity contribution in [1.29, 1.82) is 0 Å². The van der Waals surface area contributed by atoms with Gasteiger partial charge in [-0.3, -0.25) is 0 Å². The highest BCUT2D eigenvalue weighted by Crippen LogP contribution is 2.39. The Morgan fingerprint density at radius 3 is 1.17 bits per heavy atom. The van der Waals surface area contributed by atoms with Crippen LogP contribution >= 0.6 is 0 Å². The average Bonchev–Trinajstić information content (AvgIpc) is 3.72. The molecule has 41 heavy (non-hydrogen) atoms. The smallest absolute Gasteiger partial charge is 0.165 e. The summed E-state index contributed by atoms with van der Waals surface area (Å²) in [5.74, 6) is 3.80. The number of hydrogen-bond donors (Lipinski definition) is 1. The van der Waals surface area contributed by atoms with Crippen LogP contribution in [0.1, 0.15) is 22.3 Å². The molecule has 0 unspecified atom stereocenters. The van der Waals surface area contributed by atoms with Gasteiger partial charge in [-0.15, -0.1) is 0 Å². The summed E-state index contributed by atoms with van der Waals surface area (Å²) in [6, 6.07) is 32.5. The van der Waals surface area contributed by atoms with Crippen molar-refractivity contribution in [2.75, 3.05) is 5.53 Å². The lowest BCUT2D eigenvalue weighted by Gasteiger charge is -2.14. The SMILES string of the molecule is c1ccc2c(c1)C1=NC2=Nc2c3ccccc3c3n2Nn2c(c4ccccc4c2=NC2=NC(=N3)c3ccccc32)=N1. The molecule has 6 heterocycles. The van der Waals surface area contributed by atoms with Crippen molar-refractivity contribution in [3.05, 3.63) is 130 Å². The Balaban J connectivity index is 1.48. The van der Waals surface area contributed by atoms with E-state index >= 15 is 0 Å². The average molecular weight is 528 g/mol. The fraction of sp³-hybridized carbons (Fsp3) is 0. The van der Waals surface area contributed by atoms with Gasteiger partial charge < -0.3 is 0 Å². The standard InChI is InChI=1S/C32H17N9/c1-2-10-18-17(9-1)25-33-26(18)36-30-23-15-7-8-16-24(23)32-38-28-20-12-4-3-11-19(20)27(34-28)37-31-22-14-6-5-13-21(22)29(35-25)40(31)39-41(30)32/h1-16,39H. The molecule has 0 radical (unpaired) electrons. The predicted molar refractivity (Wildman–Crippen MR) is 159 cm³/mol. The van der Waals surface area contributed by atoms with E-state index in [2.05, 4.69) is 29.8 Å². The molecule has 6 aromatic rings. The number of hydrogen-bond acceptors (Lipinski definition) is 7. The second-order valence-corrected chi connectivity index (χ2v) is 10.2. The number of benzene rings is 4. The van der Waals surface area contributed by atoms with Gasteiger partial charge in [0, 0.05) is 43.8 Å². The van der Waals surface area contributed by atoms with E-state index in [1.165, 1.54) is 0 Å². The summed E-state index contributed by atoms with van der Waals surface area (Å²) < 4.78 is 3.81. The predicted octanol–water partition coefficient (Wildman–Crippen LogP) is 4.55. The molecule has 0 atom stereocenters. The van der Waals surface area contributed by atoms with Crippen LogP contribution in [0.3, 0.4) is 0 Å². The molecule has 2 aromatic heterocycles. The van der Waals surface area contributed by atoms with Gasteiger partial charge in [-0.2, -0.15) is 0 Å². The maximum Gasteiger partial charge on any atom is 0.165 e. The number of amidine groups is 4. The lowest BCUT2D eigenvalue weighted by molar-refractivity contribution is 0.711. The van der Waals surface area contributed by atoms with Crippen LogP contribution in [0.25, 0.3) is 21.5 Å². The summed E-state index contributed by atoms with van der Waals surface area (Å²) in [6.07, 6.45) is 0. The highest BCUT2D eigenvalue weighted by Gasteiger charge is 2.29. The van der Waals surface area contributed by atoms with Crippen molar-refractivity contribution in [2.24, 2.45) is 30.0 Å². The molecular weight excluding hydrogens is 510 g/mol. The maximum atomic E-state index is 5.16. The van der Waals surface area contributed by atoms with E-state index in [1.54, 1.807) is 0 Å².